The lowest BCUT2D eigenvalue weighted by molar-refractivity contribution is -0.126. The van der Waals surface area contributed by atoms with E-state index in [0.717, 1.165) is 0 Å². The summed E-state index contributed by atoms with van der Waals surface area (Å²) < 4.78 is 10.8. The van der Waals surface area contributed by atoms with E-state index in [-0.39, 0.29) is 18.4 Å². The molecule has 0 radical (unpaired) electrons. The van der Waals surface area contributed by atoms with Gasteiger partial charge >= 0.3 is 12.2 Å². The summed E-state index contributed by atoms with van der Waals surface area (Å²) in [6, 6.07) is 0. The van der Waals surface area contributed by atoms with Crippen LogP contribution in [0, 0.1) is 5.41 Å². The Balaban J connectivity index is 1.95. The van der Waals surface area contributed by atoms with E-state index < -0.39 is 22.7 Å². The highest BCUT2D eigenvalue weighted by molar-refractivity contribution is 5.93. The third-order valence-electron chi connectivity index (χ3n) is 4.44. The number of amides is 2. The number of rotatable bonds is 0. The summed E-state index contributed by atoms with van der Waals surface area (Å²) in [5, 5.41) is 0. The summed E-state index contributed by atoms with van der Waals surface area (Å²) in [4.78, 5) is 40.1. The third kappa shape index (κ3) is 4.86. The van der Waals surface area contributed by atoms with E-state index in [1.807, 2.05) is 20.8 Å². The summed E-state index contributed by atoms with van der Waals surface area (Å²) in [5.74, 6) is 0.0576. The number of hydrogen-bond acceptors (Lipinski definition) is 5. The van der Waals surface area contributed by atoms with E-state index in [1.54, 1.807) is 25.7 Å². The van der Waals surface area contributed by atoms with Gasteiger partial charge in [0, 0.05) is 19.6 Å². The first-order chi connectivity index (χ1) is 11.3. The molecule has 0 aromatic heterocycles. The fourth-order valence-electron chi connectivity index (χ4n) is 3.19. The Morgan fingerprint density at radius 2 is 1.32 bits per heavy atom. The van der Waals surface area contributed by atoms with E-state index in [2.05, 4.69) is 0 Å². The van der Waals surface area contributed by atoms with Crippen molar-refractivity contribution >= 4 is 18.0 Å². The number of Topliss-reactive ketones (excluding diaryl/α,β-unsaturated/α-hetero) is 1. The van der Waals surface area contributed by atoms with Crippen molar-refractivity contribution in [3.05, 3.63) is 0 Å². The van der Waals surface area contributed by atoms with Gasteiger partial charge in [0.25, 0.3) is 0 Å². The molecule has 0 aliphatic carbocycles. The molecule has 2 amide bonds. The number of piperidine rings is 1. The van der Waals surface area contributed by atoms with Crippen LogP contribution in [0.1, 0.15) is 54.4 Å². The van der Waals surface area contributed by atoms with Crippen molar-refractivity contribution in [3.8, 4) is 0 Å². The Morgan fingerprint density at radius 1 is 0.880 bits per heavy atom. The van der Waals surface area contributed by atoms with Crippen LogP contribution in [0.5, 0.6) is 0 Å². The molecule has 0 saturated carbocycles. The van der Waals surface area contributed by atoms with Gasteiger partial charge in [0.15, 0.2) is 5.78 Å². The maximum Gasteiger partial charge on any atom is 0.410 e. The predicted octanol–water partition coefficient (Wildman–Crippen LogP) is 2.82. The van der Waals surface area contributed by atoms with Gasteiger partial charge in [-0.05, 0) is 54.4 Å². The predicted molar refractivity (Wildman–Crippen MR) is 92.3 cm³/mol. The highest BCUT2D eigenvalue weighted by atomic mass is 16.6. The van der Waals surface area contributed by atoms with Gasteiger partial charge < -0.3 is 14.4 Å². The second-order valence-electron chi connectivity index (χ2n) is 9.01. The number of likely N-dealkylation sites (tertiary alicyclic amines) is 2. The van der Waals surface area contributed by atoms with Crippen molar-refractivity contribution in [3.63, 3.8) is 0 Å². The maximum absolute atomic E-state index is 12.6. The first-order valence-corrected chi connectivity index (χ1v) is 8.81. The zero-order valence-corrected chi connectivity index (χ0v) is 16.2. The van der Waals surface area contributed by atoms with E-state index in [1.165, 1.54) is 4.90 Å². The molecule has 0 N–H and O–H groups in total. The van der Waals surface area contributed by atoms with Crippen LogP contribution < -0.4 is 0 Å². The summed E-state index contributed by atoms with van der Waals surface area (Å²) in [6.45, 7) is 12.3. The minimum Gasteiger partial charge on any atom is -0.444 e. The van der Waals surface area contributed by atoms with Crippen LogP contribution in [0.3, 0.4) is 0 Å². The number of carbonyl (C=O) groups excluding carboxylic acids is 3. The van der Waals surface area contributed by atoms with Crippen LogP contribution in [0.25, 0.3) is 0 Å². The quantitative estimate of drug-likeness (QED) is 0.668. The number of ketones is 1. The first kappa shape index (κ1) is 19.5. The van der Waals surface area contributed by atoms with Gasteiger partial charge in [0.05, 0.1) is 12.0 Å². The van der Waals surface area contributed by atoms with Crippen molar-refractivity contribution in [2.75, 3.05) is 26.2 Å². The molecule has 7 heteroatoms. The maximum atomic E-state index is 12.6. The molecular weight excluding hydrogens is 324 g/mol. The highest BCUT2D eigenvalue weighted by Gasteiger charge is 2.50. The molecule has 2 saturated heterocycles. The molecule has 0 unspecified atom stereocenters. The molecule has 2 rings (SSSR count). The lowest BCUT2D eigenvalue weighted by Gasteiger charge is -2.38. The van der Waals surface area contributed by atoms with Crippen molar-refractivity contribution in [2.24, 2.45) is 5.41 Å². The van der Waals surface area contributed by atoms with E-state index >= 15 is 0 Å². The number of nitrogens with zero attached hydrogens (tertiary/aromatic N) is 2. The molecule has 1 spiro atoms. The Bertz CT molecular complexity index is 551. The summed E-state index contributed by atoms with van der Waals surface area (Å²) >= 11 is 0. The molecule has 0 bridgehead atoms. The van der Waals surface area contributed by atoms with Gasteiger partial charge in [-0.2, -0.15) is 0 Å². The Kier molecular flexibility index (Phi) is 5.08. The van der Waals surface area contributed by atoms with Gasteiger partial charge in [0.2, 0.25) is 0 Å². The Morgan fingerprint density at radius 3 is 1.76 bits per heavy atom. The summed E-state index contributed by atoms with van der Waals surface area (Å²) in [5.41, 5.74) is -1.69. The van der Waals surface area contributed by atoms with Crippen LogP contribution in [-0.2, 0) is 14.3 Å². The molecule has 7 nitrogen and oxygen atoms in total. The fraction of sp³-hybridized carbons (Fsp3) is 0.833. The largest absolute Gasteiger partial charge is 0.444 e. The smallest absolute Gasteiger partial charge is 0.410 e. The van der Waals surface area contributed by atoms with Crippen molar-refractivity contribution in [1.82, 2.24) is 9.80 Å². The average Bonchev–Trinajstić information content (AvgIpc) is 2.73. The van der Waals surface area contributed by atoms with Crippen LogP contribution >= 0.6 is 0 Å². The molecule has 2 aliphatic rings. The fourth-order valence-corrected chi connectivity index (χ4v) is 3.19. The standard InChI is InChI=1S/C18H30N2O5/c1-16(2,3)24-14(22)19-9-7-18(8-10-19)12-20(11-13(18)21)15(23)25-17(4,5)6/h7-12H2,1-6H3. The van der Waals surface area contributed by atoms with Crippen LogP contribution in [0.15, 0.2) is 0 Å². The van der Waals surface area contributed by atoms with Crippen LogP contribution in [-0.4, -0.2) is 65.2 Å². The lowest BCUT2D eigenvalue weighted by Crippen LogP contribution is -2.48. The monoisotopic (exact) mass is 354 g/mol. The molecule has 0 aromatic rings. The van der Waals surface area contributed by atoms with Crippen LogP contribution in [0.2, 0.25) is 0 Å². The zero-order valence-electron chi connectivity index (χ0n) is 16.2. The average molecular weight is 354 g/mol. The van der Waals surface area contributed by atoms with Gasteiger partial charge in [-0.15, -0.1) is 0 Å². The van der Waals surface area contributed by atoms with Gasteiger partial charge in [-0.3, -0.25) is 9.69 Å². The second kappa shape index (κ2) is 6.50. The molecular formula is C18H30N2O5. The normalized spacial score (nSPS) is 20.8. The van der Waals surface area contributed by atoms with Gasteiger partial charge in [-0.1, -0.05) is 0 Å². The summed E-state index contributed by atoms with van der Waals surface area (Å²) in [6.07, 6.45) is 0.290. The first-order valence-electron chi connectivity index (χ1n) is 8.81. The van der Waals surface area contributed by atoms with Crippen molar-refractivity contribution in [1.29, 1.82) is 0 Å². The Labute approximate surface area is 149 Å². The molecule has 0 atom stereocenters. The SMILES string of the molecule is CC(C)(C)OC(=O)N1CCC2(CC1)CN(C(=O)OC(C)(C)C)CC2=O. The number of carbonyl (C=O) groups is 3. The second-order valence-corrected chi connectivity index (χ2v) is 9.01. The van der Waals surface area contributed by atoms with E-state index in [9.17, 15) is 14.4 Å². The zero-order chi connectivity index (χ0) is 19.0. The van der Waals surface area contributed by atoms with Gasteiger partial charge in [0.1, 0.15) is 11.2 Å². The third-order valence-corrected chi connectivity index (χ3v) is 4.44. The van der Waals surface area contributed by atoms with E-state index in [4.69, 9.17) is 9.47 Å². The van der Waals surface area contributed by atoms with Crippen LogP contribution in [0.4, 0.5) is 9.59 Å². The molecule has 2 aliphatic heterocycles. The highest BCUT2D eigenvalue weighted by Crippen LogP contribution is 2.38. The van der Waals surface area contributed by atoms with E-state index in [0.29, 0.717) is 32.5 Å². The van der Waals surface area contributed by atoms with Gasteiger partial charge in [-0.25, -0.2) is 9.59 Å². The Hall–Kier alpha value is -1.79. The molecule has 0 aromatic carbocycles. The lowest BCUT2D eigenvalue weighted by atomic mass is 9.77. The number of ether oxygens (including phenoxy) is 2. The molecule has 2 heterocycles. The topological polar surface area (TPSA) is 76.2 Å². The minimum absolute atomic E-state index is 0.0576. The molecule has 25 heavy (non-hydrogen) atoms. The molecule has 2 fully saturated rings. The minimum atomic E-state index is -0.587. The van der Waals surface area contributed by atoms with Crippen molar-refractivity contribution < 1.29 is 23.9 Å². The summed E-state index contributed by atoms with van der Waals surface area (Å²) in [7, 11) is 0. The number of hydrogen-bond donors (Lipinski definition) is 0. The molecule has 142 valence electrons. The van der Waals surface area contributed by atoms with Crippen molar-refractivity contribution in [2.45, 2.75) is 65.6 Å².